The van der Waals surface area contributed by atoms with Crippen LogP contribution in [0, 0.1) is 71.2 Å². The van der Waals surface area contributed by atoms with Gasteiger partial charge in [-0.2, -0.15) is 0 Å². The quantitative estimate of drug-likeness (QED) is 0.678. The zero-order valence-electron chi connectivity index (χ0n) is 4.18. The van der Waals surface area contributed by atoms with Crippen LogP contribution in [0.15, 0.2) is 0 Å². The molecule has 0 aromatic rings. The first kappa shape index (κ1) is 15.8. The standard InChI is InChI=1S/C3H8O.2La/c1-3(2)4;;/h3-4H,1-2H3;;. The van der Waals surface area contributed by atoms with E-state index >= 15 is 0 Å². The SMILES string of the molecule is CC(C)O.[La].[La]. The molecule has 0 bridgehead atoms. The van der Waals surface area contributed by atoms with E-state index in [-0.39, 0.29) is 77.3 Å². The predicted molar refractivity (Wildman–Crippen MR) is 17.4 cm³/mol. The normalized spacial score (nSPS) is 6.00. The summed E-state index contributed by atoms with van der Waals surface area (Å²) in [5.41, 5.74) is 0. The van der Waals surface area contributed by atoms with Gasteiger partial charge in [0.25, 0.3) is 0 Å². The van der Waals surface area contributed by atoms with Crippen molar-refractivity contribution >= 4 is 0 Å². The maximum atomic E-state index is 8.06. The Balaban J connectivity index is -0.0000000450. The third kappa shape index (κ3) is 32.9. The summed E-state index contributed by atoms with van der Waals surface area (Å²) in [6, 6.07) is 0. The zero-order valence-corrected chi connectivity index (χ0v) is 11.4. The van der Waals surface area contributed by atoms with E-state index in [1.807, 2.05) is 0 Å². The number of rotatable bonds is 0. The molecule has 0 saturated heterocycles. The Morgan fingerprint density at radius 2 is 1.17 bits per heavy atom. The minimum atomic E-state index is -0.167. The fraction of sp³-hybridized carbons (Fsp3) is 1.00. The van der Waals surface area contributed by atoms with Crippen molar-refractivity contribution in [2.45, 2.75) is 20.0 Å². The second kappa shape index (κ2) is 10.4. The average Bonchev–Trinajstić information content (AvgIpc) is 0.811. The number of aliphatic hydroxyl groups excluding tert-OH is 1. The van der Waals surface area contributed by atoms with Gasteiger partial charge in [0.1, 0.15) is 0 Å². The van der Waals surface area contributed by atoms with Gasteiger partial charge in [-0.05, 0) is 13.8 Å². The van der Waals surface area contributed by atoms with E-state index in [2.05, 4.69) is 0 Å². The molecule has 0 aromatic heterocycles. The van der Waals surface area contributed by atoms with Crippen LogP contribution in [0.2, 0.25) is 0 Å². The van der Waals surface area contributed by atoms with Gasteiger partial charge in [0.2, 0.25) is 0 Å². The van der Waals surface area contributed by atoms with E-state index in [1.54, 1.807) is 13.8 Å². The van der Waals surface area contributed by atoms with Crippen LogP contribution < -0.4 is 0 Å². The van der Waals surface area contributed by atoms with Crippen molar-refractivity contribution < 1.29 is 76.3 Å². The molecule has 0 rings (SSSR count). The predicted octanol–water partition coefficient (Wildman–Crippen LogP) is 0.387. The molecule has 0 fully saturated rings. The molecule has 32 valence electrons. The summed E-state index contributed by atoms with van der Waals surface area (Å²) in [5.74, 6) is 0. The Morgan fingerprint density at radius 1 is 1.17 bits per heavy atom. The molecule has 0 spiro atoms. The monoisotopic (exact) mass is 338 g/mol. The topological polar surface area (TPSA) is 20.2 Å². The number of aliphatic hydroxyl groups is 1. The van der Waals surface area contributed by atoms with E-state index in [9.17, 15) is 0 Å². The van der Waals surface area contributed by atoms with Crippen LogP contribution in [0.4, 0.5) is 0 Å². The average molecular weight is 338 g/mol. The molecule has 0 amide bonds. The molecule has 0 aliphatic heterocycles. The smallest absolute Gasteiger partial charge is 0.0483 e. The Kier molecular flexibility index (Phi) is 27.2. The summed E-state index contributed by atoms with van der Waals surface area (Å²) in [4.78, 5) is 0. The zero-order chi connectivity index (χ0) is 3.58. The van der Waals surface area contributed by atoms with Crippen LogP contribution in [0.5, 0.6) is 0 Å². The molecule has 6 heavy (non-hydrogen) atoms. The van der Waals surface area contributed by atoms with Gasteiger partial charge < -0.3 is 5.11 Å². The fourth-order valence-corrected chi connectivity index (χ4v) is 0. The molecule has 0 aromatic carbocycles. The van der Waals surface area contributed by atoms with Crippen LogP contribution in [0.25, 0.3) is 0 Å². The van der Waals surface area contributed by atoms with Gasteiger partial charge in [-0.25, -0.2) is 0 Å². The largest absolute Gasteiger partial charge is 0.394 e. The van der Waals surface area contributed by atoms with Gasteiger partial charge in [-0.15, -0.1) is 0 Å². The molecular weight excluding hydrogens is 330 g/mol. The van der Waals surface area contributed by atoms with E-state index in [4.69, 9.17) is 5.11 Å². The van der Waals surface area contributed by atoms with Gasteiger partial charge in [-0.1, -0.05) is 0 Å². The molecule has 3 heteroatoms. The van der Waals surface area contributed by atoms with Gasteiger partial charge in [0.05, 0.1) is 0 Å². The molecular formula is C3H8La2O. The van der Waals surface area contributed by atoms with Crippen LogP contribution in [0.3, 0.4) is 0 Å². The van der Waals surface area contributed by atoms with E-state index in [0.717, 1.165) is 0 Å². The van der Waals surface area contributed by atoms with E-state index in [1.165, 1.54) is 0 Å². The van der Waals surface area contributed by atoms with Crippen molar-refractivity contribution in [3.63, 3.8) is 0 Å². The first-order valence-electron chi connectivity index (χ1n) is 1.41. The molecule has 2 radical (unpaired) electrons. The summed E-state index contributed by atoms with van der Waals surface area (Å²) in [6.45, 7) is 3.44. The number of hydrogen-bond donors (Lipinski definition) is 1. The van der Waals surface area contributed by atoms with Gasteiger partial charge in [0.15, 0.2) is 0 Å². The first-order valence-corrected chi connectivity index (χ1v) is 1.41. The van der Waals surface area contributed by atoms with Crippen LogP contribution in [-0.4, -0.2) is 11.2 Å². The molecule has 0 unspecified atom stereocenters. The second-order valence-electron chi connectivity index (χ2n) is 1.09. The summed E-state index contributed by atoms with van der Waals surface area (Å²) < 4.78 is 0. The second-order valence-corrected chi connectivity index (χ2v) is 1.09. The summed E-state index contributed by atoms with van der Waals surface area (Å²) in [5, 5.41) is 8.06. The Labute approximate surface area is 94.5 Å². The van der Waals surface area contributed by atoms with Crippen LogP contribution >= 0.6 is 0 Å². The molecule has 0 heterocycles. The van der Waals surface area contributed by atoms with Crippen molar-refractivity contribution in [1.29, 1.82) is 0 Å². The Morgan fingerprint density at radius 3 is 1.17 bits per heavy atom. The van der Waals surface area contributed by atoms with Gasteiger partial charge >= 0.3 is 0 Å². The van der Waals surface area contributed by atoms with Crippen molar-refractivity contribution in [1.82, 2.24) is 0 Å². The Hall–Kier alpha value is 2.35. The van der Waals surface area contributed by atoms with E-state index in [0.29, 0.717) is 0 Å². The van der Waals surface area contributed by atoms with Gasteiger partial charge in [-0.3, -0.25) is 0 Å². The van der Waals surface area contributed by atoms with Crippen LogP contribution in [-0.2, 0) is 0 Å². The minimum Gasteiger partial charge on any atom is -0.394 e. The minimum absolute atomic E-state index is 0. The Bertz CT molecular complexity index is 13.5. The number of hydrogen-bond acceptors (Lipinski definition) is 1. The molecule has 0 aliphatic rings. The maximum Gasteiger partial charge on any atom is 0.0483 e. The van der Waals surface area contributed by atoms with E-state index < -0.39 is 0 Å². The molecule has 0 atom stereocenters. The molecule has 1 nitrogen and oxygen atoms in total. The van der Waals surface area contributed by atoms with Crippen molar-refractivity contribution in [2.75, 3.05) is 0 Å². The van der Waals surface area contributed by atoms with Crippen molar-refractivity contribution in [3.8, 4) is 0 Å². The summed E-state index contributed by atoms with van der Waals surface area (Å²) >= 11 is 0. The summed E-state index contributed by atoms with van der Waals surface area (Å²) in [7, 11) is 0. The van der Waals surface area contributed by atoms with Gasteiger partial charge in [0, 0.05) is 77.3 Å². The third-order valence-electron chi connectivity index (χ3n) is 0. The third-order valence-corrected chi connectivity index (χ3v) is 0. The van der Waals surface area contributed by atoms with Crippen molar-refractivity contribution in [3.05, 3.63) is 0 Å². The molecule has 0 saturated carbocycles. The molecule has 0 aliphatic carbocycles. The first-order chi connectivity index (χ1) is 1.73. The van der Waals surface area contributed by atoms with Crippen LogP contribution in [0.1, 0.15) is 13.8 Å². The fourth-order valence-electron chi connectivity index (χ4n) is 0. The molecule has 1 N–H and O–H groups in total. The summed E-state index contributed by atoms with van der Waals surface area (Å²) in [6.07, 6.45) is -0.167. The van der Waals surface area contributed by atoms with Crippen molar-refractivity contribution in [2.24, 2.45) is 0 Å². The maximum absolute atomic E-state index is 8.06.